The number of hydrogen-bond acceptors (Lipinski definition) is 2. The molecule has 1 nitrogen and oxygen atoms in total. The Morgan fingerprint density at radius 3 is 2.42 bits per heavy atom. The quantitative estimate of drug-likeness (QED) is 0.848. The Morgan fingerprint density at radius 2 is 1.84 bits per heavy atom. The summed E-state index contributed by atoms with van der Waals surface area (Å²) in [5.41, 5.74) is 7.46. The third-order valence-corrected chi connectivity index (χ3v) is 5.72. The molecule has 0 bridgehead atoms. The molecule has 1 aliphatic carbocycles. The fraction of sp³-hybridized carbons (Fsp3) is 0.625. The maximum atomic E-state index is 13.1. The van der Waals surface area contributed by atoms with Crippen molar-refractivity contribution in [2.45, 2.75) is 62.0 Å². The number of halogens is 1. The summed E-state index contributed by atoms with van der Waals surface area (Å²) in [5, 5.41) is 1.02. The molecule has 19 heavy (non-hydrogen) atoms. The lowest BCUT2D eigenvalue weighted by molar-refractivity contribution is 0.512. The van der Waals surface area contributed by atoms with Crippen LogP contribution in [-0.4, -0.2) is 11.3 Å². The van der Waals surface area contributed by atoms with E-state index in [2.05, 4.69) is 6.92 Å². The summed E-state index contributed by atoms with van der Waals surface area (Å²) >= 11 is 2.01. The Hall–Kier alpha value is -0.540. The Morgan fingerprint density at radius 1 is 1.21 bits per heavy atom. The van der Waals surface area contributed by atoms with Crippen LogP contribution in [0.1, 0.15) is 56.3 Å². The molecule has 1 saturated carbocycles. The van der Waals surface area contributed by atoms with E-state index in [4.69, 9.17) is 5.73 Å². The monoisotopic (exact) mass is 281 g/mol. The maximum absolute atomic E-state index is 13.1. The van der Waals surface area contributed by atoms with Crippen LogP contribution >= 0.6 is 11.8 Å². The molecule has 0 amide bonds. The van der Waals surface area contributed by atoms with Gasteiger partial charge in [0.05, 0.1) is 0 Å². The molecule has 2 rings (SSSR count). The highest BCUT2D eigenvalue weighted by molar-refractivity contribution is 8.00. The molecule has 0 aliphatic heterocycles. The molecule has 1 aliphatic rings. The third-order valence-electron chi connectivity index (χ3n) is 3.95. The van der Waals surface area contributed by atoms with Gasteiger partial charge in [-0.3, -0.25) is 0 Å². The van der Waals surface area contributed by atoms with Crippen molar-refractivity contribution in [1.82, 2.24) is 0 Å². The Kier molecular flexibility index (Phi) is 5.71. The number of hydrogen-bond donors (Lipinski definition) is 1. The second-order valence-electron chi connectivity index (χ2n) is 5.44. The molecule has 2 N–H and O–H groups in total. The first-order valence-corrected chi connectivity index (χ1v) is 8.31. The summed E-state index contributed by atoms with van der Waals surface area (Å²) in [6.45, 7) is 2.13. The van der Waals surface area contributed by atoms with Gasteiger partial charge >= 0.3 is 0 Å². The van der Waals surface area contributed by atoms with Gasteiger partial charge in [0.1, 0.15) is 5.82 Å². The molecule has 0 saturated heterocycles. The van der Waals surface area contributed by atoms with Crippen molar-refractivity contribution in [3.8, 4) is 0 Å². The average molecular weight is 281 g/mol. The SMILES string of the molecule is CCC(N)C(SC1CCCCC1)c1ccc(F)cc1. The van der Waals surface area contributed by atoms with Crippen molar-refractivity contribution < 1.29 is 4.39 Å². The minimum Gasteiger partial charge on any atom is -0.326 e. The van der Waals surface area contributed by atoms with Crippen molar-refractivity contribution in [2.75, 3.05) is 0 Å². The van der Waals surface area contributed by atoms with Gasteiger partial charge in [-0.1, -0.05) is 38.3 Å². The smallest absolute Gasteiger partial charge is 0.123 e. The molecular formula is C16H24FNS. The molecule has 2 unspecified atom stereocenters. The van der Waals surface area contributed by atoms with Gasteiger partial charge in [-0.25, -0.2) is 4.39 Å². The van der Waals surface area contributed by atoms with Crippen molar-refractivity contribution in [1.29, 1.82) is 0 Å². The summed E-state index contributed by atoms with van der Waals surface area (Å²) < 4.78 is 13.1. The Bertz CT molecular complexity index is 373. The van der Waals surface area contributed by atoms with Gasteiger partial charge in [-0.2, -0.15) is 0 Å². The van der Waals surface area contributed by atoms with Gasteiger partial charge in [0, 0.05) is 16.5 Å². The van der Waals surface area contributed by atoms with Crippen molar-refractivity contribution >= 4 is 11.8 Å². The highest BCUT2D eigenvalue weighted by Gasteiger charge is 2.24. The first kappa shape index (κ1) is 14.9. The van der Waals surface area contributed by atoms with E-state index in [0.29, 0.717) is 5.25 Å². The lowest BCUT2D eigenvalue weighted by Gasteiger charge is -2.29. The minimum absolute atomic E-state index is 0.150. The van der Waals surface area contributed by atoms with Crippen LogP contribution in [-0.2, 0) is 0 Å². The molecule has 0 heterocycles. The second-order valence-corrected chi connectivity index (χ2v) is 6.89. The van der Waals surface area contributed by atoms with Crippen LogP contribution in [0.25, 0.3) is 0 Å². The van der Waals surface area contributed by atoms with Crippen LogP contribution in [0.3, 0.4) is 0 Å². The molecule has 1 fully saturated rings. The van der Waals surface area contributed by atoms with E-state index in [1.54, 1.807) is 12.1 Å². The van der Waals surface area contributed by atoms with Gasteiger partial charge in [0.25, 0.3) is 0 Å². The Balaban J connectivity index is 2.08. The molecule has 3 heteroatoms. The lowest BCUT2D eigenvalue weighted by atomic mass is 10.0. The van der Waals surface area contributed by atoms with E-state index in [9.17, 15) is 4.39 Å². The zero-order valence-corrected chi connectivity index (χ0v) is 12.5. The first-order chi connectivity index (χ1) is 9.20. The molecule has 1 aromatic carbocycles. The molecule has 106 valence electrons. The third kappa shape index (κ3) is 4.22. The summed E-state index contributed by atoms with van der Waals surface area (Å²) in [5.74, 6) is -0.171. The highest BCUT2D eigenvalue weighted by atomic mass is 32.2. The van der Waals surface area contributed by atoms with E-state index in [0.717, 1.165) is 11.7 Å². The fourth-order valence-electron chi connectivity index (χ4n) is 2.70. The summed E-state index contributed by atoms with van der Waals surface area (Å²) in [6.07, 6.45) is 7.63. The number of rotatable bonds is 5. The van der Waals surface area contributed by atoms with Crippen molar-refractivity contribution in [3.05, 3.63) is 35.6 Å². The van der Waals surface area contributed by atoms with Crippen LogP contribution in [0.5, 0.6) is 0 Å². The largest absolute Gasteiger partial charge is 0.326 e. The van der Waals surface area contributed by atoms with Gasteiger partial charge in [-0.15, -0.1) is 11.8 Å². The molecule has 2 atom stereocenters. The number of benzene rings is 1. The zero-order valence-electron chi connectivity index (χ0n) is 11.6. The second kappa shape index (κ2) is 7.30. The van der Waals surface area contributed by atoms with Gasteiger partial charge in [0.2, 0.25) is 0 Å². The minimum atomic E-state index is -0.171. The molecule has 0 spiro atoms. The Labute approximate surface area is 120 Å². The molecular weight excluding hydrogens is 257 g/mol. The number of nitrogens with two attached hydrogens (primary N) is 1. The topological polar surface area (TPSA) is 26.0 Å². The van der Waals surface area contributed by atoms with E-state index in [-0.39, 0.29) is 11.9 Å². The van der Waals surface area contributed by atoms with E-state index < -0.39 is 0 Å². The molecule has 0 radical (unpaired) electrons. The van der Waals surface area contributed by atoms with E-state index in [1.807, 2.05) is 23.9 Å². The zero-order chi connectivity index (χ0) is 13.7. The predicted molar refractivity (Wildman–Crippen MR) is 81.9 cm³/mol. The van der Waals surface area contributed by atoms with Crippen LogP contribution < -0.4 is 5.73 Å². The van der Waals surface area contributed by atoms with Crippen LogP contribution in [0.4, 0.5) is 4.39 Å². The van der Waals surface area contributed by atoms with Crippen LogP contribution in [0, 0.1) is 5.82 Å². The van der Waals surface area contributed by atoms with Gasteiger partial charge < -0.3 is 5.73 Å². The summed E-state index contributed by atoms with van der Waals surface area (Å²) in [7, 11) is 0. The molecule has 1 aromatic rings. The maximum Gasteiger partial charge on any atom is 0.123 e. The van der Waals surface area contributed by atoms with Crippen molar-refractivity contribution in [2.24, 2.45) is 5.73 Å². The average Bonchev–Trinajstić information content (AvgIpc) is 2.46. The van der Waals surface area contributed by atoms with E-state index in [1.165, 1.54) is 37.7 Å². The normalized spacial score (nSPS) is 20.2. The first-order valence-electron chi connectivity index (χ1n) is 7.37. The number of thioether (sulfide) groups is 1. The standard InChI is InChI=1S/C16H24FNS/c1-2-15(18)16(12-8-10-13(17)11-9-12)19-14-6-4-3-5-7-14/h8-11,14-16H,2-7,18H2,1H3. The highest BCUT2D eigenvalue weighted by Crippen LogP contribution is 2.40. The fourth-order valence-corrected chi connectivity index (χ4v) is 4.43. The van der Waals surface area contributed by atoms with Crippen LogP contribution in [0.15, 0.2) is 24.3 Å². The van der Waals surface area contributed by atoms with Crippen molar-refractivity contribution in [3.63, 3.8) is 0 Å². The summed E-state index contributed by atoms with van der Waals surface area (Å²) in [4.78, 5) is 0. The van der Waals surface area contributed by atoms with E-state index >= 15 is 0 Å². The lowest BCUT2D eigenvalue weighted by Crippen LogP contribution is -2.27. The van der Waals surface area contributed by atoms with Crippen LogP contribution in [0.2, 0.25) is 0 Å². The van der Waals surface area contributed by atoms with Gasteiger partial charge in [-0.05, 0) is 37.0 Å². The predicted octanol–water partition coefficient (Wildman–Crippen LogP) is 4.67. The van der Waals surface area contributed by atoms with Gasteiger partial charge in [0.15, 0.2) is 0 Å². The summed E-state index contributed by atoms with van der Waals surface area (Å²) in [6, 6.07) is 7.03. The molecule has 0 aromatic heterocycles.